The Morgan fingerprint density at radius 3 is 2.53 bits per heavy atom. The molecule has 0 saturated carbocycles. The van der Waals surface area contributed by atoms with Gasteiger partial charge in [0.2, 0.25) is 5.91 Å². The number of nitrogens with zero attached hydrogens (tertiary/aromatic N) is 2. The lowest BCUT2D eigenvalue weighted by Crippen LogP contribution is -2.45. The van der Waals surface area contributed by atoms with Crippen LogP contribution in [-0.4, -0.2) is 60.0 Å². The van der Waals surface area contributed by atoms with Gasteiger partial charge in [-0.1, -0.05) is 0 Å². The van der Waals surface area contributed by atoms with Crippen molar-refractivity contribution in [3.63, 3.8) is 0 Å². The van der Waals surface area contributed by atoms with Gasteiger partial charge in [-0.15, -0.1) is 0 Å². The van der Waals surface area contributed by atoms with E-state index in [-0.39, 0.29) is 17.9 Å². The first-order valence-corrected chi connectivity index (χ1v) is 6.95. The number of hydrogen-bond acceptors (Lipinski definition) is 4. The molecule has 0 radical (unpaired) electrons. The lowest BCUT2D eigenvalue weighted by atomic mass is 10.1. The number of amides is 1. The molecule has 5 heteroatoms. The highest BCUT2D eigenvalue weighted by molar-refractivity contribution is 5.81. The zero-order valence-corrected chi connectivity index (χ0v) is 12.7. The molecule has 1 rings (SSSR count). The van der Waals surface area contributed by atoms with E-state index in [1.165, 1.54) is 0 Å². The number of likely N-dealkylation sites (N-methyl/N-ethyl adjacent to an activating group) is 1. The van der Waals surface area contributed by atoms with Crippen LogP contribution in [0.2, 0.25) is 0 Å². The Kier molecular flexibility index (Phi) is 5.35. The molecule has 1 amide bonds. The van der Waals surface area contributed by atoms with E-state index in [9.17, 15) is 9.59 Å². The van der Waals surface area contributed by atoms with Crippen LogP contribution in [0.25, 0.3) is 0 Å². The highest BCUT2D eigenvalue weighted by Crippen LogP contribution is 2.20. The Balaban J connectivity index is 2.59. The first-order chi connectivity index (χ1) is 8.74. The molecule has 0 aromatic rings. The van der Waals surface area contributed by atoms with Gasteiger partial charge in [-0.05, 0) is 47.1 Å². The molecule has 1 atom stereocenters. The summed E-state index contributed by atoms with van der Waals surface area (Å²) >= 11 is 0. The second-order valence-corrected chi connectivity index (χ2v) is 6.07. The molecule has 0 bridgehead atoms. The third kappa shape index (κ3) is 4.82. The van der Waals surface area contributed by atoms with E-state index in [0.29, 0.717) is 13.1 Å². The number of rotatable bonds is 4. The maximum Gasteiger partial charge on any atom is 0.323 e. The predicted molar refractivity (Wildman–Crippen MR) is 73.8 cm³/mol. The quantitative estimate of drug-likeness (QED) is 0.722. The molecule has 1 saturated heterocycles. The van der Waals surface area contributed by atoms with Gasteiger partial charge in [-0.25, -0.2) is 0 Å². The minimum absolute atomic E-state index is 0.0537. The minimum Gasteiger partial charge on any atom is -0.459 e. The van der Waals surface area contributed by atoms with Crippen LogP contribution in [0.3, 0.4) is 0 Å². The van der Waals surface area contributed by atoms with Gasteiger partial charge in [0.15, 0.2) is 0 Å². The topological polar surface area (TPSA) is 49.9 Å². The van der Waals surface area contributed by atoms with Gasteiger partial charge in [0, 0.05) is 13.6 Å². The lowest BCUT2D eigenvalue weighted by Gasteiger charge is -2.28. The summed E-state index contributed by atoms with van der Waals surface area (Å²) in [4.78, 5) is 27.6. The molecule has 0 unspecified atom stereocenters. The van der Waals surface area contributed by atoms with Crippen LogP contribution in [0.1, 0.15) is 40.5 Å². The fourth-order valence-corrected chi connectivity index (χ4v) is 2.12. The van der Waals surface area contributed by atoms with Gasteiger partial charge in [-0.3, -0.25) is 14.5 Å². The number of hydrogen-bond donors (Lipinski definition) is 0. The molecule has 110 valence electrons. The normalized spacial score (nSPS) is 20.4. The summed E-state index contributed by atoms with van der Waals surface area (Å²) < 4.78 is 5.41. The highest BCUT2D eigenvalue weighted by Gasteiger charge is 2.35. The molecule has 0 N–H and O–H groups in total. The van der Waals surface area contributed by atoms with Crippen molar-refractivity contribution in [3.8, 4) is 0 Å². The van der Waals surface area contributed by atoms with Crippen molar-refractivity contribution >= 4 is 11.9 Å². The van der Waals surface area contributed by atoms with Crippen molar-refractivity contribution in [3.05, 3.63) is 0 Å². The standard InChI is InChI=1S/C14H26N2O3/c1-6-15(5)12(17)10-16-9-7-8-11(16)13(18)19-14(2,3)4/h11H,6-10H2,1-5H3/t11-/m1/s1. The van der Waals surface area contributed by atoms with Crippen LogP contribution in [0.4, 0.5) is 0 Å². The van der Waals surface area contributed by atoms with Gasteiger partial charge in [-0.2, -0.15) is 0 Å². The molecule has 1 aliphatic rings. The van der Waals surface area contributed by atoms with Crippen LogP contribution < -0.4 is 0 Å². The summed E-state index contributed by atoms with van der Waals surface area (Å²) in [6.45, 7) is 9.29. The van der Waals surface area contributed by atoms with E-state index in [2.05, 4.69) is 0 Å². The van der Waals surface area contributed by atoms with Crippen LogP contribution >= 0.6 is 0 Å². The average molecular weight is 270 g/mol. The molecular formula is C14H26N2O3. The molecule has 1 fully saturated rings. The molecule has 5 nitrogen and oxygen atoms in total. The van der Waals surface area contributed by atoms with Crippen LogP contribution in [0.15, 0.2) is 0 Å². The molecule has 1 aliphatic heterocycles. The van der Waals surface area contributed by atoms with Crippen molar-refractivity contribution in [1.29, 1.82) is 0 Å². The van der Waals surface area contributed by atoms with E-state index >= 15 is 0 Å². The van der Waals surface area contributed by atoms with Gasteiger partial charge < -0.3 is 9.64 Å². The fourth-order valence-electron chi connectivity index (χ4n) is 2.12. The van der Waals surface area contributed by atoms with Crippen molar-refractivity contribution in [2.75, 3.05) is 26.7 Å². The molecule has 1 heterocycles. The van der Waals surface area contributed by atoms with Gasteiger partial charge in [0.25, 0.3) is 0 Å². The molecule has 0 aromatic carbocycles. The molecule has 0 aromatic heterocycles. The van der Waals surface area contributed by atoms with Gasteiger partial charge >= 0.3 is 5.97 Å². The number of carbonyl (C=O) groups excluding carboxylic acids is 2. The zero-order valence-electron chi connectivity index (χ0n) is 12.7. The first-order valence-electron chi connectivity index (χ1n) is 6.95. The van der Waals surface area contributed by atoms with E-state index in [1.807, 2.05) is 32.6 Å². The summed E-state index contributed by atoms with van der Waals surface area (Å²) in [6, 6.07) is -0.270. The van der Waals surface area contributed by atoms with E-state index < -0.39 is 5.60 Å². The van der Waals surface area contributed by atoms with Crippen LogP contribution in [0, 0.1) is 0 Å². The number of ether oxygens (including phenoxy) is 1. The molecular weight excluding hydrogens is 244 g/mol. The van der Waals surface area contributed by atoms with Crippen molar-refractivity contribution in [2.24, 2.45) is 0 Å². The minimum atomic E-state index is -0.477. The Morgan fingerprint density at radius 2 is 2.00 bits per heavy atom. The molecule has 0 aliphatic carbocycles. The summed E-state index contributed by atoms with van der Waals surface area (Å²) in [5.41, 5.74) is -0.477. The van der Waals surface area contributed by atoms with Crippen LogP contribution in [-0.2, 0) is 14.3 Å². The molecule has 19 heavy (non-hydrogen) atoms. The Hall–Kier alpha value is -1.10. The second-order valence-electron chi connectivity index (χ2n) is 6.07. The van der Waals surface area contributed by atoms with Gasteiger partial charge in [0.05, 0.1) is 6.54 Å². The summed E-state index contributed by atoms with van der Waals surface area (Å²) in [7, 11) is 1.78. The Labute approximate surface area is 115 Å². The highest BCUT2D eigenvalue weighted by atomic mass is 16.6. The van der Waals surface area contributed by atoms with Gasteiger partial charge in [0.1, 0.15) is 11.6 Å². The summed E-state index contributed by atoms with van der Waals surface area (Å²) in [5, 5.41) is 0. The number of likely N-dealkylation sites (tertiary alicyclic amines) is 1. The third-order valence-electron chi connectivity index (χ3n) is 3.28. The fraction of sp³-hybridized carbons (Fsp3) is 0.857. The zero-order chi connectivity index (χ0) is 14.6. The van der Waals surface area contributed by atoms with E-state index in [1.54, 1.807) is 11.9 Å². The second kappa shape index (κ2) is 6.37. The van der Waals surface area contributed by atoms with E-state index in [0.717, 1.165) is 19.4 Å². The van der Waals surface area contributed by atoms with Crippen molar-refractivity contribution in [1.82, 2.24) is 9.80 Å². The number of esters is 1. The number of carbonyl (C=O) groups is 2. The Morgan fingerprint density at radius 1 is 1.37 bits per heavy atom. The summed E-state index contributed by atoms with van der Waals surface area (Å²) in [5.74, 6) is -0.157. The monoisotopic (exact) mass is 270 g/mol. The maximum absolute atomic E-state index is 12.1. The van der Waals surface area contributed by atoms with Crippen molar-refractivity contribution in [2.45, 2.75) is 52.2 Å². The van der Waals surface area contributed by atoms with Crippen molar-refractivity contribution < 1.29 is 14.3 Å². The Bertz CT molecular complexity index is 336. The SMILES string of the molecule is CCN(C)C(=O)CN1CCC[C@@H]1C(=O)OC(C)(C)C. The molecule has 0 spiro atoms. The first kappa shape index (κ1) is 16.0. The predicted octanol–water partition coefficient (Wildman–Crippen LogP) is 1.27. The smallest absolute Gasteiger partial charge is 0.323 e. The third-order valence-corrected chi connectivity index (χ3v) is 3.28. The maximum atomic E-state index is 12.1. The largest absolute Gasteiger partial charge is 0.459 e. The summed E-state index contributed by atoms with van der Waals surface area (Å²) in [6.07, 6.45) is 1.71. The average Bonchev–Trinajstić information content (AvgIpc) is 2.73. The van der Waals surface area contributed by atoms with Crippen LogP contribution in [0.5, 0.6) is 0 Å². The lowest BCUT2D eigenvalue weighted by molar-refractivity contribution is -0.160. The van der Waals surface area contributed by atoms with E-state index in [4.69, 9.17) is 4.74 Å².